The molecule has 0 radical (unpaired) electrons. The molecular weight excluding hydrogens is 294 g/mol. The minimum Gasteiger partial charge on any atom is -0.490 e. The lowest BCUT2D eigenvalue weighted by Gasteiger charge is -2.23. The molecule has 0 saturated carbocycles. The van der Waals surface area contributed by atoms with E-state index in [-0.39, 0.29) is 12.5 Å². The van der Waals surface area contributed by atoms with Crippen molar-refractivity contribution in [2.45, 2.75) is 32.2 Å². The summed E-state index contributed by atoms with van der Waals surface area (Å²) in [6.45, 7) is 4.87. The molecule has 23 heavy (non-hydrogen) atoms. The fourth-order valence-electron chi connectivity index (χ4n) is 1.96. The number of likely N-dealkylation sites (N-methyl/N-ethyl adjacent to an activating group) is 1. The van der Waals surface area contributed by atoms with Crippen LogP contribution in [0.3, 0.4) is 0 Å². The average Bonchev–Trinajstić information content (AvgIpc) is 2.46. The number of hydrogen-bond donors (Lipinski definition) is 3. The number of hydrogen-bond acceptors (Lipinski definition) is 5. The molecule has 6 heteroatoms. The Bertz CT molecular complexity index is 516. The second kappa shape index (κ2) is 8.74. The number of nitrogen functional groups attached to an aromatic ring is 1. The third kappa shape index (κ3) is 7.34. The fraction of sp³-hybridized carbons (Fsp3) is 0.588. The van der Waals surface area contributed by atoms with Gasteiger partial charge in [-0.25, -0.2) is 0 Å². The first kappa shape index (κ1) is 19.3. The van der Waals surface area contributed by atoms with Gasteiger partial charge in [0.25, 0.3) is 0 Å². The van der Waals surface area contributed by atoms with Crippen molar-refractivity contribution in [3.63, 3.8) is 0 Å². The maximum absolute atomic E-state index is 11.9. The molecule has 0 fully saturated rings. The van der Waals surface area contributed by atoms with E-state index in [1.54, 1.807) is 13.8 Å². The number of rotatable bonds is 9. The van der Waals surface area contributed by atoms with Gasteiger partial charge in [-0.15, -0.1) is 0 Å². The van der Waals surface area contributed by atoms with Gasteiger partial charge >= 0.3 is 0 Å². The van der Waals surface area contributed by atoms with Crippen LogP contribution in [0.1, 0.15) is 25.8 Å². The minimum absolute atomic E-state index is 0.0890. The Morgan fingerprint density at radius 1 is 1.39 bits per heavy atom. The predicted molar refractivity (Wildman–Crippen MR) is 92.5 cm³/mol. The smallest absolute Gasteiger partial charge is 0.220 e. The number of aliphatic hydroxyl groups excluding tert-OH is 1. The van der Waals surface area contributed by atoms with Crippen molar-refractivity contribution in [1.82, 2.24) is 10.2 Å². The van der Waals surface area contributed by atoms with E-state index in [9.17, 15) is 4.79 Å². The normalized spacial score (nSPS) is 11.6. The van der Waals surface area contributed by atoms with Gasteiger partial charge in [0.2, 0.25) is 5.91 Å². The van der Waals surface area contributed by atoms with Crippen LogP contribution in [0.5, 0.6) is 5.75 Å². The largest absolute Gasteiger partial charge is 0.490 e. The molecule has 4 N–H and O–H groups in total. The second-order valence-electron chi connectivity index (χ2n) is 6.61. The van der Waals surface area contributed by atoms with Gasteiger partial charge in [-0.3, -0.25) is 4.79 Å². The quantitative estimate of drug-likeness (QED) is 0.591. The molecule has 0 unspecified atom stereocenters. The van der Waals surface area contributed by atoms with E-state index in [2.05, 4.69) is 5.32 Å². The standard InChI is InChI=1S/C17H29N3O3/c1-17(2,12-21)19-16(22)8-6-13-5-7-15(14(18)11-13)23-10-9-20(3)4/h5,7,11,21H,6,8-10,12,18H2,1-4H3,(H,19,22). The first-order chi connectivity index (χ1) is 10.7. The van der Waals surface area contributed by atoms with Crippen LogP contribution in [0.4, 0.5) is 5.69 Å². The molecule has 0 atom stereocenters. The molecule has 1 rings (SSSR count). The highest BCUT2D eigenvalue weighted by Crippen LogP contribution is 2.23. The van der Waals surface area contributed by atoms with Crippen LogP contribution < -0.4 is 15.8 Å². The Kier molecular flexibility index (Phi) is 7.32. The molecule has 0 saturated heterocycles. The van der Waals surface area contributed by atoms with Gasteiger partial charge in [0.15, 0.2) is 0 Å². The number of carbonyl (C=O) groups excluding carboxylic acids is 1. The molecule has 130 valence electrons. The minimum atomic E-state index is -0.597. The van der Waals surface area contributed by atoms with Crippen molar-refractivity contribution in [3.8, 4) is 5.75 Å². The first-order valence-corrected chi connectivity index (χ1v) is 7.81. The molecule has 6 nitrogen and oxygen atoms in total. The highest BCUT2D eigenvalue weighted by molar-refractivity contribution is 5.77. The zero-order valence-electron chi connectivity index (χ0n) is 14.6. The van der Waals surface area contributed by atoms with Crippen LogP contribution in [0.15, 0.2) is 18.2 Å². The average molecular weight is 323 g/mol. The molecule has 0 aliphatic carbocycles. The predicted octanol–water partition coefficient (Wildman–Crippen LogP) is 1.03. The second-order valence-corrected chi connectivity index (χ2v) is 6.61. The van der Waals surface area contributed by atoms with Crippen LogP contribution in [-0.2, 0) is 11.2 Å². The van der Waals surface area contributed by atoms with Crippen molar-refractivity contribution in [3.05, 3.63) is 23.8 Å². The summed E-state index contributed by atoms with van der Waals surface area (Å²) in [6, 6.07) is 5.61. The molecular formula is C17H29N3O3. The lowest BCUT2D eigenvalue weighted by Crippen LogP contribution is -2.46. The van der Waals surface area contributed by atoms with Gasteiger partial charge in [-0.2, -0.15) is 0 Å². The topological polar surface area (TPSA) is 87.8 Å². The Hall–Kier alpha value is -1.79. The maximum atomic E-state index is 11.9. The molecule has 1 amide bonds. The van der Waals surface area contributed by atoms with Crippen LogP contribution >= 0.6 is 0 Å². The Morgan fingerprint density at radius 2 is 2.09 bits per heavy atom. The number of aryl methyl sites for hydroxylation is 1. The zero-order chi connectivity index (χ0) is 17.5. The van der Waals surface area contributed by atoms with Crippen molar-refractivity contribution >= 4 is 11.6 Å². The molecule has 1 aromatic carbocycles. The van der Waals surface area contributed by atoms with Gasteiger partial charge in [0.05, 0.1) is 17.8 Å². The number of aliphatic hydroxyl groups is 1. The number of ether oxygens (including phenoxy) is 1. The van der Waals surface area contributed by atoms with E-state index in [4.69, 9.17) is 15.6 Å². The highest BCUT2D eigenvalue weighted by atomic mass is 16.5. The summed E-state index contributed by atoms with van der Waals surface area (Å²) >= 11 is 0. The summed E-state index contributed by atoms with van der Waals surface area (Å²) in [5.74, 6) is 0.579. The van der Waals surface area contributed by atoms with E-state index < -0.39 is 5.54 Å². The number of anilines is 1. The number of amides is 1. The van der Waals surface area contributed by atoms with E-state index in [0.717, 1.165) is 12.1 Å². The number of nitrogens with zero attached hydrogens (tertiary/aromatic N) is 1. The van der Waals surface area contributed by atoms with Crippen LogP contribution in [0.2, 0.25) is 0 Å². The van der Waals surface area contributed by atoms with E-state index in [1.807, 2.05) is 37.2 Å². The molecule has 0 spiro atoms. The van der Waals surface area contributed by atoms with Gasteiger partial charge in [-0.1, -0.05) is 6.07 Å². The molecule has 0 aliphatic rings. The lowest BCUT2D eigenvalue weighted by molar-refractivity contribution is -0.123. The highest BCUT2D eigenvalue weighted by Gasteiger charge is 2.18. The van der Waals surface area contributed by atoms with Crippen molar-refractivity contribution in [1.29, 1.82) is 0 Å². The zero-order valence-corrected chi connectivity index (χ0v) is 14.6. The fourth-order valence-corrected chi connectivity index (χ4v) is 1.96. The molecule has 1 aromatic rings. The van der Waals surface area contributed by atoms with Crippen LogP contribution in [0, 0.1) is 0 Å². The Morgan fingerprint density at radius 3 is 2.65 bits per heavy atom. The van der Waals surface area contributed by atoms with Gasteiger partial charge < -0.3 is 25.8 Å². The number of nitrogens with two attached hydrogens (primary N) is 1. The van der Waals surface area contributed by atoms with Crippen molar-refractivity contribution in [2.75, 3.05) is 39.6 Å². The summed E-state index contributed by atoms with van der Waals surface area (Å²) < 4.78 is 5.63. The first-order valence-electron chi connectivity index (χ1n) is 7.81. The summed E-state index contributed by atoms with van der Waals surface area (Å²) in [5.41, 5.74) is 6.97. The number of carbonyl (C=O) groups is 1. The Labute approximate surface area is 138 Å². The van der Waals surface area contributed by atoms with Crippen molar-refractivity contribution < 1.29 is 14.6 Å². The van der Waals surface area contributed by atoms with Crippen molar-refractivity contribution in [2.24, 2.45) is 0 Å². The third-order valence-electron chi connectivity index (χ3n) is 3.38. The lowest BCUT2D eigenvalue weighted by atomic mass is 10.1. The summed E-state index contributed by atoms with van der Waals surface area (Å²) in [7, 11) is 3.97. The summed E-state index contributed by atoms with van der Waals surface area (Å²) in [6.07, 6.45) is 0.944. The third-order valence-corrected chi connectivity index (χ3v) is 3.38. The SMILES string of the molecule is CN(C)CCOc1ccc(CCC(=O)NC(C)(C)CO)cc1N. The van der Waals surface area contributed by atoms with Crippen LogP contribution in [-0.4, -0.2) is 55.3 Å². The molecule has 0 aliphatic heterocycles. The molecule has 0 bridgehead atoms. The molecule has 0 heterocycles. The number of benzene rings is 1. The van der Waals surface area contributed by atoms with Crippen LogP contribution in [0.25, 0.3) is 0 Å². The van der Waals surface area contributed by atoms with E-state index in [1.165, 1.54) is 0 Å². The van der Waals surface area contributed by atoms with E-state index >= 15 is 0 Å². The van der Waals surface area contributed by atoms with E-state index in [0.29, 0.717) is 30.9 Å². The molecule has 0 aromatic heterocycles. The maximum Gasteiger partial charge on any atom is 0.220 e. The Balaban J connectivity index is 2.50. The van der Waals surface area contributed by atoms with Gasteiger partial charge in [0.1, 0.15) is 12.4 Å². The summed E-state index contributed by atoms with van der Waals surface area (Å²) in [4.78, 5) is 13.9. The monoisotopic (exact) mass is 323 g/mol. The van der Waals surface area contributed by atoms with Gasteiger partial charge in [0, 0.05) is 13.0 Å². The summed E-state index contributed by atoms with van der Waals surface area (Å²) in [5, 5.41) is 11.9. The number of nitrogens with one attached hydrogen (secondary N) is 1. The van der Waals surface area contributed by atoms with Gasteiger partial charge in [-0.05, 0) is 52.1 Å².